The number of rotatable bonds is 4. The zero-order chi connectivity index (χ0) is 22.9. The molecule has 2 nitrogen and oxygen atoms in total. The van der Waals surface area contributed by atoms with Crippen molar-refractivity contribution >= 4 is 9.84 Å². The Bertz CT molecular complexity index is 1320. The molecule has 0 N–H and O–H groups in total. The lowest BCUT2D eigenvalue weighted by Crippen LogP contribution is -2.08. The van der Waals surface area contributed by atoms with Gasteiger partial charge in [0.15, 0.2) is 9.84 Å². The van der Waals surface area contributed by atoms with Gasteiger partial charge in [-0.05, 0) is 46.5 Å². The Hall–Kier alpha value is -4.05. The van der Waals surface area contributed by atoms with Crippen molar-refractivity contribution < 1.29 is 8.42 Å². The van der Waals surface area contributed by atoms with Crippen LogP contribution in [-0.2, 0) is 9.84 Å². The van der Waals surface area contributed by atoms with E-state index < -0.39 is 9.84 Å². The molecule has 0 aromatic heterocycles. The summed E-state index contributed by atoms with van der Waals surface area (Å²) >= 11 is 0. The fourth-order valence-electron chi connectivity index (χ4n) is 3.30. The van der Waals surface area contributed by atoms with E-state index in [1.807, 2.05) is 109 Å². The Labute approximate surface area is 195 Å². The van der Waals surface area contributed by atoms with Gasteiger partial charge in [-0.15, -0.1) is 0 Å². The van der Waals surface area contributed by atoms with Gasteiger partial charge in [0.05, 0.1) is 0 Å². The lowest BCUT2D eigenvalue weighted by atomic mass is 10.0. The first kappa shape index (κ1) is 22.2. The number of sulfone groups is 1. The van der Waals surface area contributed by atoms with Crippen molar-refractivity contribution in [3.05, 3.63) is 120 Å². The molecule has 0 aliphatic carbocycles. The molecule has 0 saturated carbocycles. The highest BCUT2D eigenvalue weighted by Crippen LogP contribution is 2.19. The average molecular weight is 447 g/mol. The van der Waals surface area contributed by atoms with Gasteiger partial charge in [0.25, 0.3) is 0 Å². The zero-order valence-corrected chi connectivity index (χ0v) is 18.8. The van der Waals surface area contributed by atoms with Gasteiger partial charge in [-0.2, -0.15) is 0 Å². The number of benzene rings is 4. The third kappa shape index (κ3) is 6.47. The van der Waals surface area contributed by atoms with E-state index in [4.69, 9.17) is 0 Å². The summed E-state index contributed by atoms with van der Waals surface area (Å²) in [4.78, 5) is 0. The molecule has 0 aliphatic heterocycles. The summed E-state index contributed by atoms with van der Waals surface area (Å²) in [7, 11) is -3.37. The van der Waals surface area contributed by atoms with Crippen molar-refractivity contribution in [3.63, 3.8) is 0 Å². The smallest absolute Gasteiger partial charge is 0.172 e. The summed E-state index contributed by atoms with van der Waals surface area (Å²) in [6, 6.07) is 35.7. The van der Waals surface area contributed by atoms with Crippen LogP contribution in [-0.4, -0.2) is 19.9 Å². The van der Waals surface area contributed by atoms with E-state index in [1.165, 1.54) is 0 Å². The first-order valence-corrected chi connectivity index (χ1v) is 12.4. The summed E-state index contributed by atoms with van der Waals surface area (Å²) in [6.07, 6.45) is 0. The van der Waals surface area contributed by atoms with Gasteiger partial charge in [0.1, 0.15) is 11.5 Å². The Morgan fingerprint density at radius 1 is 0.455 bits per heavy atom. The maximum absolute atomic E-state index is 12.3. The van der Waals surface area contributed by atoms with Crippen molar-refractivity contribution in [3.8, 4) is 45.9 Å². The van der Waals surface area contributed by atoms with Crippen LogP contribution in [0.15, 0.2) is 109 Å². The van der Waals surface area contributed by atoms with E-state index >= 15 is 0 Å². The number of hydrogen-bond acceptors (Lipinski definition) is 2. The van der Waals surface area contributed by atoms with Crippen LogP contribution in [0.4, 0.5) is 0 Å². The largest absolute Gasteiger partial charge is 0.227 e. The Morgan fingerprint density at radius 3 is 1.15 bits per heavy atom. The highest BCUT2D eigenvalue weighted by Gasteiger charge is 2.06. The van der Waals surface area contributed by atoms with Crippen LogP contribution in [0.3, 0.4) is 0 Å². The first-order chi connectivity index (χ1) is 16.1. The summed E-state index contributed by atoms with van der Waals surface area (Å²) in [5, 5.41) is 0. The summed E-state index contributed by atoms with van der Waals surface area (Å²) in [5.41, 5.74) is 6.03. The van der Waals surface area contributed by atoms with Crippen molar-refractivity contribution in [2.24, 2.45) is 0 Å². The molecule has 160 valence electrons. The molecule has 0 atom stereocenters. The van der Waals surface area contributed by atoms with Crippen molar-refractivity contribution in [2.75, 3.05) is 11.5 Å². The molecule has 0 spiro atoms. The van der Waals surface area contributed by atoms with Crippen molar-refractivity contribution in [1.82, 2.24) is 0 Å². The van der Waals surface area contributed by atoms with Crippen LogP contribution in [0.5, 0.6) is 0 Å². The molecule has 4 rings (SSSR count). The SMILES string of the molecule is O=S(=O)(CC#Cc1ccc(-c2ccccc2)cc1)CC#Cc1ccc(-c2ccccc2)cc1. The Kier molecular flexibility index (Phi) is 7.06. The molecule has 0 radical (unpaired) electrons. The topological polar surface area (TPSA) is 34.1 Å². The summed E-state index contributed by atoms with van der Waals surface area (Å²) < 4.78 is 24.6. The van der Waals surface area contributed by atoms with Crippen LogP contribution in [0.25, 0.3) is 22.3 Å². The van der Waals surface area contributed by atoms with Crippen LogP contribution in [0.1, 0.15) is 11.1 Å². The van der Waals surface area contributed by atoms with E-state index in [1.54, 1.807) is 0 Å². The van der Waals surface area contributed by atoms with E-state index in [0.29, 0.717) is 0 Å². The molecule has 0 fully saturated rings. The predicted octanol–water partition coefficient (Wildman–Crippen LogP) is 5.84. The molecule has 0 saturated heterocycles. The van der Waals surface area contributed by atoms with Gasteiger partial charge in [-0.25, -0.2) is 8.42 Å². The average Bonchev–Trinajstić information content (AvgIpc) is 2.86. The minimum absolute atomic E-state index is 0.213. The van der Waals surface area contributed by atoms with E-state index in [-0.39, 0.29) is 11.5 Å². The van der Waals surface area contributed by atoms with Crippen LogP contribution in [0, 0.1) is 23.7 Å². The second-order valence-corrected chi connectivity index (χ2v) is 9.59. The normalized spacial score (nSPS) is 10.4. The highest BCUT2D eigenvalue weighted by atomic mass is 32.2. The van der Waals surface area contributed by atoms with Gasteiger partial charge >= 0.3 is 0 Å². The third-order valence-corrected chi connectivity index (χ3v) is 6.20. The third-order valence-electron chi connectivity index (χ3n) is 5.03. The van der Waals surface area contributed by atoms with E-state index in [2.05, 4.69) is 23.7 Å². The maximum atomic E-state index is 12.3. The molecule has 33 heavy (non-hydrogen) atoms. The zero-order valence-electron chi connectivity index (χ0n) is 18.0. The standard InChI is InChI=1S/C30H22O2S/c31-33(32,23-7-9-25-15-19-29(20-16-25)27-11-3-1-4-12-27)24-8-10-26-17-21-30(22-18-26)28-13-5-2-6-14-28/h1-6,11-22H,23-24H2. The van der Waals surface area contributed by atoms with Crippen LogP contribution < -0.4 is 0 Å². The molecular formula is C30H22O2S. The maximum Gasteiger partial charge on any atom is 0.172 e. The minimum atomic E-state index is -3.37. The Morgan fingerprint density at radius 2 is 0.788 bits per heavy atom. The molecule has 0 unspecified atom stereocenters. The number of hydrogen-bond donors (Lipinski definition) is 0. The molecule has 3 heteroatoms. The quantitative estimate of drug-likeness (QED) is 0.369. The molecule has 0 heterocycles. The van der Waals surface area contributed by atoms with Crippen molar-refractivity contribution in [1.29, 1.82) is 0 Å². The molecular weight excluding hydrogens is 424 g/mol. The lowest BCUT2D eigenvalue weighted by molar-refractivity contribution is 0.603. The van der Waals surface area contributed by atoms with Crippen LogP contribution >= 0.6 is 0 Å². The van der Waals surface area contributed by atoms with Crippen LogP contribution in [0.2, 0.25) is 0 Å². The summed E-state index contributed by atoms with van der Waals surface area (Å²) in [5.74, 6) is 11.0. The molecule has 0 aliphatic rings. The second kappa shape index (κ2) is 10.5. The van der Waals surface area contributed by atoms with Crippen molar-refractivity contribution in [2.45, 2.75) is 0 Å². The minimum Gasteiger partial charge on any atom is -0.227 e. The molecule has 0 amide bonds. The fourth-order valence-corrected chi connectivity index (χ4v) is 3.99. The monoisotopic (exact) mass is 446 g/mol. The second-order valence-electron chi connectivity index (χ2n) is 7.52. The molecule has 4 aromatic rings. The first-order valence-electron chi connectivity index (χ1n) is 10.6. The highest BCUT2D eigenvalue weighted by molar-refractivity contribution is 7.91. The summed E-state index contributed by atoms with van der Waals surface area (Å²) in [6.45, 7) is 0. The lowest BCUT2D eigenvalue weighted by Gasteiger charge is -2.01. The van der Waals surface area contributed by atoms with Gasteiger partial charge in [-0.3, -0.25) is 0 Å². The van der Waals surface area contributed by atoms with Gasteiger partial charge in [0.2, 0.25) is 0 Å². The predicted molar refractivity (Wildman–Crippen MR) is 136 cm³/mol. The van der Waals surface area contributed by atoms with E-state index in [0.717, 1.165) is 33.4 Å². The van der Waals surface area contributed by atoms with Gasteiger partial charge < -0.3 is 0 Å². The van der Waals surface area contributed by atoms with E-state index in [9.17, 15) is 8.42 Å². The molecule has 0 bridgehead atoms. The molecule has 4 aromatic carbocycles. The Balaban J connectivity index is 1.33. The fraction of sp³-hybridized carbons (Fsp3) is 0.0667. The van der Waals surface area contributed by atoms with Gasteiger partial charge in [0, 0.05) is 11.1 Å². The van der Waals surface area contributed by atoms with Gasteiger partial charge in [-0.1, -0.05) is 109 Å².